The minimum absolute atomic E-state index is 0.129. The standard InChI is InChI=1S/C32H54O8S2.4C8H17.2Sn.2H/c1-3-5-7-9-11-13-15-17-19-21-23-39-31(37)27(41)25(29(33)34)26(30(35)36)28(42)32(38)40-24-22-20-18-16-14-12-10-8-6-4-2;4*1-3-5-7-8-6-4-2;;;;/h41-42H,3-24H2,1-2H3,(H,33,34)(H,35,36);4*1,3-8H2,2H3;;;;/b26-25-;;;;;;;;. The number of thiol groups is 2. The first-order valence-electron chi connectivity index (χ1n) is 32.9. The van der Waals surface area contributed by atoms with Crippen LogP contribution in [0.1, 0.15) is 324 Å². The van der Waals surface area contributed by atoms with E-state index in [1.807, 2.05) is 0 Å². The minimum atomic E-state index is -3.72. The quantitative estimate of drug-likeness (QED) is 0.0156. The van der Waals surface area contributed by atoms with Gasteiger partial charge in [-0.25, -0.2) is 0 Å². The number of rotatable bonds is 58. The number of ether oxygens (including phenoxy) is 2. The van der Waals surface area contributed by atoms with E-state index in [-0.39, 0.29) is 13.2 Å². The number of hydrogen-bond donors (Lipinski definition) is 4. The van der Waals surface area contributed by atoms with E-state index in [1.165, 1.54) is 77.0 Å². The summed E-state index contributed by atoms with van der Waals surface area (Å²) in [6.45, 7) is 13.5. The summed E-state index contributed by atoms with van der Waals surface area (Å²) in [5.74, 6) is -4.40. The number of hydrogen-bond acceptors (Lipinski definition) is 8. The van der Waals surface area contributed by atoms with Gasteiger partial charge in [0, 0.05) is 0 Å². The van der Waals surface area contributed by atoms with Crippen LogP contribution < -0.4 is 0 Å². The van der Waals surface area contributed by atoms with Crippen LogP contribution in [0, 0.1) is 0 Å². The van der Waals surface area contributed by atoms with Crippen molar-refractivity contribution in [1.82, 2.24) is 0 Å². The first kappa shape index (κ1) is 75.9. The third-order valence-corrected chi connectivity index (χ3v) is 44.4. The summed E-state index contributed by atoms with van der Waals surface area (Å²) in [6, 6.07) is 0. The van der Waals surface area contributed by atoms with Crippen molar-refractivity contribution in [2.24, 2.45) is 0 Å². The maximum atomic E-state index is 15.4. The van der Waals surface area contributed by atoms with Crippen LogP contribution in [0.25, 0.3) is 0 Å². The number of unbranched alkanes of at least 4 members (excludes halogenated alkanes) is 38. The number of esters is 2. The molecule has 2 N–H and O–H groups in total. The molecule has 0 rings (SSSR count). The number of carboxylic acid groups (broad SMARTS) is 2. The molecule has 0 amide bonds. The molecule has 0 aromatic carbocycles. The van der Waals surface area contributed by atoms with Crippen molar-refractivity contribution in [2.75, 3.05) is 13.2 Å². The van der Waals surface area contributed by atoms with E-state index in [0.29, 0.717) is 30.6 Å². The van der Waals surface area contributed by atoms with Crippen LogP contribution in [0.4, 0.5) is 0 Å². The van der Waals surface area contributed by atoms with Gasteiger partial charge in [0.25, 0.3) is 0 Å². The summed E-state index contributed by atoms with van der Waals surface area (Å²) in [7, 11) is 0. The molecule has 76 heavy (non-hydrogen) atoms. The van der Waals surface area contributed by atoms with E-state index < -0.39 is 80.1 Å². The number of aliphatic carboxylic acids is 2. The second kappa shape index (κ2) is 53.0. The average molecular weight is 1320 g/mol. The fourth-order valence-corrected chi connectivity index (χ4v) is 37.0. The third-order valence-electron chi connectivity index (χ3n) is 16.3. The summed E-state index contributed by atoms with van der Waals surface area (Å²) in [5.41, 5.74) is -1.04. The Morgan fingerprint density at radius 1 is 0.303 bits per heavy atom. The van der Waals surface area contributed by atoms with E-state index in [4.69, 9.17) is 34.7 Å². The molecule has 0 saturated heterocycles. The predicted octanol–water partition coefficient (Wildman–Crippen LogP) is 19.7. The molecule has 0 heterocycles. The Hall–Kier alpha value is -0.0826. The molecule has 0 saturated carbocycles. The van der Waals surface area contributed by atoms with Crippen molar-refractivity contribution in [1.29, 1.82) is 0 Å². The van der Waals surface area contributed by atoms with Gasteiger partial charge in [-0.3, -0.25) is 0 Å². The molecule has 0 aromatic heterocycles. The van der Waals surface area contributed by atoms with Crippen molar-refractivity contribution < 1.29 is 38.9 Å². The maximum absolute atomic E-state index is 15.4. The van der Waals surface area contributed by atoms with Gasteiger partial charge in [0.1, 0.15) is 0 Å². The van der Waals surface area contributed by atoms with Crippen LogP contribution in [0.3, 0.4) is 0 Å². The van der Waals surface area contributed by atoms with Gasteiger partial charge in [-0.15, -0.1) is 0 Å². The second-order valence-corrected chi connectivity index (χ2v) is 46.8. The average Bonchev–Trinajstić information content (AvgIpc) is 3.40. The molecule has 0 aliphatic carbocycles. The molecule has 0 aliphatic rings. The molecule has 2 atom stereocenters. The Morgan fingerprint density at radius 2 is 0.474 bits per heavy atom. The molecule has 0 bridgehead atoms. The molecule has 0 aromatic rings. The summed E-state index contributed by atoms with van der Waals surface area (Å²) in [4.78, 5) is 59.8. The SMILES string of the molecule is CCCCCCCCCCCCOC(=O)[C](S)(/C(C(=O)O)=C(/C(=O)O)[C](S)(C(=O)OCCCCCCCCCCCC)[SnH]([CH2]CCCCCCC)[CH2]CCCCCCC)[SnH]([CH2]CCCCCCC)[CH2]CCCCCCC. The predicted molar refractivity (Wildman–Crippen MR) is 338 cm³/mol. The second-order valence-electron chi connectivity index (χ2n) is 23.1. The molecule has 12 heteroatoms. The van der Waals surface area contributed by atoms with Gasteiger partial charge in [-0.2, -0.15) is 0 Å². The molecular formula is C64H124O8S2Sn2. The van der Waals surface area contributed by atoms with Crippen LogP contribution in [0.2, 0.25) is 17.7 Å². The van der Waals surface area contributed by atoms with Crippen molar-refractivity contribution in [3.8, 4) is 0 Å². The van der Waals surface area contributed by atoms with Crippen molar-refractivity contribution >= 4 is 88.7 Å². The van der Waals surface area contributed by atoms with Gasteiger partial charge in [-0.1, -0.05) is 39.5 Å². The Bertz CT molecular complexity index is 1310. The van der Waals surface area contributed by atoms with Crippen LogP contribution in [0.5, 0.6) is 0 Å². The molecule has 8 nitrogen and oxygen atoms in total. The zero-order valence-corrected chi connectivity index (χ0v) is 59.1. The summed E-state index contributed by atoms with van der Waals surface area (Å²) >= 11 is 3.38. The number of carboxylic acids is 2. The van der Waals surface area contributed by atoms with Crippen LogP contribution in [-0.2, 0) is 28.7 Å². The van der Waals surface area contributed by atoms with Crippen LogP contribution in [-0.4, -0.2) is 92.3 Å². The van der Waals surface area contributed by atoms with Gasteiger partial charge in [0.15, 0.2) is 0 Å². The third kappa shape index (κ3) is 35.0. The molecule has 448 valence electrons. The fourth-order valence-electron chi connectivity index (χ4n) is 11.4. The van der Waals surface area contributed by atoms with Gasteiger partial charge < -0.3 is 0 Å². The van der Waals surface area contributed by atoms with Crippen LogP contribution in [0.15, 0.2) is 11.1 Å². The zero-order valence-electron chi connectivity index (χ0n) is 50.7. The number of carbonyl (C=O) groups is 4. The van der Waals surface area contributed by atoms with Crippen LogP contribution >= 0.6 is 25.3 Å². The molecular weight excluding hydrogens is 1200 g/mol. The molecule has 2 unspecified atom stereocenters. The van der Waals surface area contributed by atoms with E-state index in [1.54, 1.807) is 0 Å². The van der Waals surface area contributed by atoms with Crippen molar-refractivity contribution in [2.45, 2.75) is 347 Å². The Balaban J connectivity index is 7.79. The van der Waals surface area contributed by atoms with Gasteiger partial charge in [0.05, 0.1) is 0 Å². The summed E-state index contributed by atoms with van der Waals surface area (Å²) in [5, 5.41) is 23.6. The summed E-state index contributed by atoms with van der Waals surface area (Å²) in [6.07, 6.45) is 47.6. The van der Waals surface area contributed by atoms with Crippen molar-refractivity contribution in [3.63, 3.8) is 0 Å². The van der Waals surface area contributed by atoms with Gasteiger partial charge in [-0.05, 0) is 0 Å². The normalized spacial score (nSPS) is 13.7. The monoisotopic (exact) mass is 1320 g/mol. The summed E-state index contributed by atoms with van der Waals surface area (Å²) < 4.78 is 11.5. The van der Waals surface area contributed by atoms with Gasteiger partial charge >= 0.3 is 460 Å². The van der Waals surface area contributed by atoms with Gasteiger partial charge in [0.2, 0.25) is 0 Å². The van der Waals surface area contributed by atoms with E-state index >= 15 is 9.59 Å². The first-order chi connectivity index (χ1) is 36.9. The fraction of sp³-hybridized carbons (Fsp3) is 0.906. The number of carbonyl (C=O) groups excluding carboxylic acids is 2. The van der Waals surface area contributed by atoms with E-state index in [2.05, 4.69) is 41.5 Å². The Labute approximate surface area is 495 Å². The van der Waals surface area contributed by atoms with Crippen molar-refractivity contribution in [3.05, 3.63) is 11.1 Å². The first-order valence-corrected chi connectivity index (χ1v) is 46.4. The Morgan fingerprint density at radius 3 is 0.658 bits per heavy atom. The molecule has 0 fully saturated rings. The molecule has 0 spiro atoms. The molecule has 0 radical (unpaired) electrons. The zero-order chi connectivity index (χ0) is 56.4. The Kier molecular flexibility index (Phi) is 52.9. The molecule has 0 aliphatic heterocycles. The van der Waals surface area contributed by atoms with E-state index in [9.17, 15) is 19.8 Å². The topological polar surface area (TPSA) is 127 Å². The van der Waals surface area contributed by atoms with E-state index in [0.717, 1.165) is 193 Å².